The number of carbonyl (C=O) groups excluding carboxylic acids is 1. The normalized spacial score (nSPS) is 20.0. The van der Waals surface area contributed by atoms with Crippen LogP contribution in [0.5, 0.6) is 0 Å². The third-order valence-electron chi connectivity index (χ3n) is 1.93. The summed E-state index contributed by atoms with van der Waals surface area (Å²) in [6, 6.07) is 4.09. The standard InChI is InChI=1S/C9H6BrFN2O2/c10-4-1-2-5(6(11)3-4)7-8(14)13-9(12)15-7/h1-3,7H,(H2,12,13,14). The number of hydrogen-bond donors (Lipinski definition) is 1. The van der Waals surface area contributed by atoms with Gasteiger partial charge in [-0.25, -0.2) is 4.39 Å². The monoisotopic (exact) mass is 272 g/mol. The Kier molecular flexibility index (Phi) is 2.44. The molecule has 0 radical (unpaired) electrons. The van der Waals surface area contributed by atoms with Crippen LogP contribution in [0.25, 0.3) is 0 Å². The number of nitrogens with two attached hydrogens (primary N) is 1. The van der Waals surface area contributed by atoms with Crippen molar-refractivity contribution in [2.24, 2.45) is 10.7 Å². The molecule has 0 aromatic heterocycles. The smallest absolute Gasteiger partial charge is 0.296 e. The molecule has 1 amide bonds. The first-order chi connectivity index (χ1) is 7.08. The Labute approximate surface area is 93.1 Å². The number of ether oxygens (including phenoxy) is 1. The van der Waals surface area contributed by atoms with E-state index in [0.717, 1.165) is 0 Å². The van der Waals surface area contributed by atoms with E-state index in [2.05, 4.69) is 20.9 Å². The Morgan fingerprint density at radius 1 is 1.53 bits per heavy atom. The fourth-order valence-corrected chi connectivity index (χ4v) is 1.61. The second-order valence-corrected chi connectivity index (χ2v) is 3.87. The van der Waals surface area contributed by atoms with Crippen LogP contribution >= 0.6 is 15.9 Å². The molecular weight excluding hydrogens is 267 g/mol. The fourth-order valence-electron chi connectivity index (χ4n) is 1.28. The highest BCUT2D eigenvalue weighted by molar-refractivity contribution is 9.10. The third kappa shape index (κ3) is 1.85. The molecular formula is C9H6BrFN2O2. The van der Waals surface area contributed by atoms with Crippen LogP contribution in [0, 0.1) is 5.82 Å². The van der Waals surface area contributed by atoms with Crippen molar-refractivity contribution in [3.63, 3.8) is 0 Å². The van der Waals surface area contributed by atoms with Crippen LogP contribution in [0.15, 0.2) is 27.7 Å². The SMILES string of the molecule is NC1=NC(=O)C(c2ccc(Br)cc2F)O1. The van der Waals surface area contributed by atoms with Gasteiger partial charge in [0.05, 0.1) is 0 Å². The molecule has 0 spiro atoms. The first-order valence-corrected chi connectivity index (χ1v) is 4.87. The number of aliphatic imine (C=N–C) groups is 1. The van der Waals surface area contributed by atoms with E-state index in [1.54, 1.807) is 6.07 Å². The summed E-state index contributed by atoms with van der Waals surface area (Å²) in [5.41, 5.74) is 5.34. The summed E-state index contributed by atoms with van der Waals surface area (Å²) in [6.07, 6.45) is -1.06. The summed E-state index contributed by atoms with van der Waals surface area (Å²) in [4.78, 5) is 14.6. The van der Waals surface area contributed by atoms with Crippen LogP contribution in [0.1, 0.15) is 11.7 Å². The first-order valence-electron chi connectivity index (χ1n) is 4.07. The number of carbonyl (C=O) groups is 1. The maximum absolute atomic E-state index is 13.4. The van der Waals surface area contributed by atoms with E-state index in [1.165, 1.54) is 12.1 Å². The van der Waals surface area contributed by atoms with Crippen molar-refractivity contribution < 1.29 is 13.9 Å². The van der Waals surface area contributed by atoms with Gasteiger partial charge in [-0.2, -0.15) is 4.99 Å². The number of nitrogens with zero attached hydrogens (tertiary/aromatic N) is 1. The van der Waals surface area contributed by atoms with Crippen LogP contribution in [0.2, 0.25) is 0 Å². The minimum atomic E-state index is -1.06. The second-order valence-electron chi connectivity index (χ2n) is 2.95. The lowest BCUT2D eigenvalue weighted by Gasteiger charge is -2.09. The molecule has 1 atom stereocenters. The van der Waals surface area contributed by atoms with Crippen molar-refractivity contribution >= 4 is 27.9 Å². The number of amides is 1. The van der Waals surface area contributed by atoms with E-state index >= 15 is 0 Å². The van der Waals surface area contributed by atoms with Gasteiger partial charge in [0.25, 0.3) is 11.9 Å². The molecule has 1 heterocycles. The first kappa shape index (κ1) is 10.1. The molecule has 1 aliphatic rings. The molecule has 0 saturated heterocycles. The lowest BCUT2D eigenvalue weighted by atomic mass is 10.1. The van der Waals surface area contributed by atoms with Gasteiger partial charge in [0.1, 0.15) is 5.82 Å². The molecule has 1 aromatic carbocycles. The summed E-state index contributed by atoms with van der Waals surface area (Å²) in [5, 5.41) is 0. The fraction of sp³-hybridized carbons (Fsp3) is 0.111. The predicted molar refractivity (Wildman–Crippen MR) is 54.6 cm³/mol. The zero-order chi connectivity index (χ0) is 11.0. The Morgan fingerprint density at radius 2 is 2.27 bits per heavy atom. The van der Waals surface area contributed by atoms with Crippen LogP contribution in [0.3, 0.4) is 0 Å². The zero-order valence-corrected chi connectivity index (χ0v) is 8.99. The average molecular weight is 273 g/mol. The predicted octanol–water partition coefficient (Wildman–Crippen LogP) is 1.50. The number of hydrogen-bond acceptors (Lipinski definition) is 3. The maximum atomic E-state index is 13.4. The highest BCUT2D eigenvalue weighted by Gasteiger charge is 2.31. The second kappa shape index (κ2) is 3.62. The van der Waals surface area contributed by atoms with E-state index in [1.807, 2.05) is 0 Å². The van der Waals surface area contributed by atoms with Crippen LogP contribution < -0.4 is 5.73 Å². The van der Waals surface area contributed by atoms with Gasteiger partial charge in [0.2, 0.25) is 6.10 Å². The Hall–Kier alpha value is -1.43. The van der Waals surface area contributed by atoms with Crippen molar-refractivity contribution in [3.8, 4) is 0 Å². The highest BCUT2D eigenvalue weighted by atomic mass is 79.9. The molecule has 2 rings (SSSR count). The van der Waals surface area contributed by atoms with Gasteiger partial charge in [-0.3, -0.25) is 4.79 Å². The van der Waals surface area contributed by atoms with Crippen molar-refractivity contribution in [1.29, 1.82) is 0 Å². The highest BCUT2D eigenvalue weighted by Crippen LogP contribution is 2.27. The molecule has 1 aliphatic heterocycles. The minimum Gasteiger partial charge on any atom is -0.446 e. The Bertz CT molecular complexity index is 461. The molecule has 0 saturated carbocycles. The largest absolute Gasteiger partial charge is 0.446 e. The van der Waals surface area contributed by atoms with Gasteiger partial charge in [-0.1, -0.05) is 22.0 Å². The van der Waals surface area contributed by atoms with Crippen molar-refractivity contribution in [3.05, 3.63) is 34.1 Å². The van der Waals surface area contributed by atoms with E-state index in [0.29, 0.717) is 4.47 Å². The van der Waals surface area contributed by atoms with E-state index in [9.17, 15) is 9.18 Å². The molecule has 1 aromatic rings. The van der Waals surface area contributed by atoms with Gasteiger partial charge in [-0.05, 0) is 12.1 Å². The molecule has 78 valence electrons. The molecule has 4 nitrogen and oxygen atoms in total. The average Bonchev–Trinajstić information content (AvgIpc) is 2.45. The quantitative estimate of drug-likeness (QED) is 0.843. The molecule has 15 heavy (non-hydrogen) atoms. The van der Waals surface area contributed by atoms with Crippen LogP contribution in [0.4, 0.5) is 4.39 Å². The van der Waals surface area contributed by atoms with E-state index in [-0.39, 0.29) is 11.6 Å². The van der Waals surface area contributed by atoms with E-state index < -0.39 is 17.8 Å². The molecule has 0 aliphatic carbocycles. The van der Waals surface area contributed by atoms with Crippen LogP contribution in [-0.2, 0) is 9.53 Å². The lowest BCUT2D eigenvalue weighted by Crippen LogP contribution is -2.14. The number of halogens is 2. The van der Waals surface area contributed by atoms with Crippen molar-refractivity contribution in [2.75, 3.05) is 0 Å². The maximum Gasteiger partial charge on any atom is 0.296 e. The topological polar surface area (TPSA) is 64.7 Å². The minimum absolute atomic E-state index is 0.132. The van der Waals surface area contributed by atoms with Gasteiger partial charge in [0, 0.05) is 10.0 Å². The summed E-state index contributed by atoms with van der Waals surface area (Å²) < 4.78 is 18.9. The zero-order valence-electron chi connectivity index (χ0n) is 7.41. The van der Waals surface area contributed by atoms with Crippen LogP contribution in [-0.4, -0.2) is 11.9 Å². The molecule has 0 fully saturated rings. The number of benzene rings is 1. The Morgan fingerprint density at radius 3 is 2.80 bits per heavy atom. The Balaban J connectivity index is 2.36. The van der Waals surface area contributed by atoms with Crippen molar-refractivity contribution in [1.82, 2.24) is 0 Å². The summed E-state index contributed by atoms with van der Waals surface area (Å²) in [6.45, 7) is 0. The molecule has 1 unspecified atom stereocenters. The summed E-state index contributed by atoms with van der Waals surface area (Å²) in [7, 11) is 0. The van der Waals surface area contributed by atoms with Gasteiger partial charge in [0.15, 0.2) is 0 Å². The molecule has 0 bridgehead atoms. The number of rotatable bonds is 1. The summed E-state index contributed by atoms with van der Waals surface area (Å²) in [5.74, 6) is -1.12. The summed E-state index contributed by atoms with van der Waals surface area (Å²) >= 11 is 3.11. The van der Waals surface area contributed by atoms with E-state index in [4.69, 9.17) is 10.5 Å². The third-order valence-corrected chi connectivity index (χ3v) is 2.42. The van der Waals surface area contributed by atoms with Crippen molar-refractivity contribution in [2.45, 2.75) is 6.10 Å². The van der Waals surface area contributed by atoms with Gasteiger partial charge >= 0.3 is 0 Å². The van der Waals surface area contributed by atoms with Gasteiger partial charge < -0.3 is 10.5 Å². The lowest BCUT2D eigenvalue weighted by molar-refractivity contribution is -0.123. The molecule has 6 heteroatoms. The van der Waals surface area contributed by atoms with Gasteiger partial charge in [-0.15, -0.1) is 0 Å². The number of amidine groups is 1. The molecule has 2 N–H and O–H groups in total.